The fraction of sp³-hybridized carbons (Fsp3) is 0.222. The van der Waals surface area contributed by atoms with Crippen LogP contribution in [0.1, 0.15) is 11.1 Å². The first kappa shape index (κ1) is 16.5. The highest BCUT2D eigenvalue weighted by Gasteiger charge is 2.05. The Bertz CT molecular complexity index is 639. The quantitative estimate of drug-likeness (QED) is 0.767. The minimum absolute atomic E-state index is 0.0491. The van der Waals surface area contributed by atoms with Crippen molar-refractivity contribution in [1.82, 2.24) is 10.6 Å². The average Bonchev–Trinajstić information content (AvgIpc) is 2.56. The minimum atomic E-state index is -0.396. The fourth-order valence-corrected chi connectivity index (χ4v) is 2.03. The van der Waals surface area contributed by atoms with Crippen LogP contribution in [0.15, 0.2) is 54.6 Å². The van der Waals surface area contributed by atoms with Crippen LogP contribution in [0.25, 0.3) is 0 Å². The third-order valence-electron chi connectivity index (χ3n) is 3.30. The Labute approximate surface area is 136 Å². The van der Waals surface area contributed by atoms with E-state index in [1.165, 1.54) is 0 Å². The summed E-state index contributed by atoms with van der Waals surface area (Å²) in [4.78, 5) is 23.4. The lowest BCUT2D eigenvalue weighted by Gasteiger charge is -2.08. The van der Waals surface area contributed by atoms with Gasteiger partial charge in [0, 0.05) is 12.2 Å². The number of benzene rings is 2. The molecule has 23 heavy (non-hydrogen) atoms. The summed E-state index contributed by atoms with van der Waals surface area (Å²) in [6, 6.07) is 17.0. The van der Waals surface area contributed by atoms with Crippen LogP contribution in [0.2, 0.25) is 0 Å². The highest BCUT2D eigenvalue weighted by Crippen LogP contribution is 2.07. The van der Waals surface area contributed by atoms with Gasteiger partial charge in [0.15, 0.2) is 0 Å². The minimum Gasteiger partial charge on any atom is -0.354 e. The van der Waals surface area contributed by atoms with Crippen molar-refractivity contribution in [3.63, 3.8) is 0 Å². The average molecular weight is 311 g/mol. The molecular formula is C18H21N3O2. The Hall–Kier alpha value is -2.82. The second-order valence-electron chi connectivity index (χ2n) is 5.26. The van der Waals surface area contributed by atoms with E-state index in [1.807, 2.05) is 61.5 Å². The summed E-state index contributed by atoms with van der Waals surface area (Å²) >= 11 is 0. The second-order valence-corrected chi connectivity index (χ2v) is 5.26. The maximum absolute atomic E-state index is 11.7. The number of hydrogen-bond acceptors (Lipinski definition) is 2. The summed E-state index contributed by atoms with van der Waals surface area (Å²) in [5, 5.41) is 7.98. The fourth-order valence-electron chi connectivity index (χ4n) is 2.03. The lowest BCUT2D eigenvalue weighted by molar-refractivity contribution is -0.120. The van der Waals surface area contributed by atoms with Gasteiger partial charge >= 0.3 is 6.03 Å². The first-order valence-electron chi connectivity index (χ1n) is 7.55. The number of urea groups is 1. The first-order chi connectivity index (χ1) is 11.1. The molecule has 0 fully saturated rings. The van der Waals surface area contributed by atoms with Crippen LogP contribution < -0.4 is 16.0 Å². The van der Waals surface area contributed by atoms with Crippen molar-refractivity contribution in [1.29, 1.82) is 0 Å². The van der Waals surface area contributed by atoms with Crippen molar-refractivity contribution in [2.45, 2.75) is 13.3 Å². The topological polar surface area (TPSA) is 70.2 Å². The summed E-state index contributed by atoms with van der Waals surface area (Å²) in [7, 11) is 0. The van der Waals surface area contributed by atoms with Crippen LogP contribution in [0.4, 0.5) is 10.5 Å². The first-order valence-corrected chi connectivity index (χ1v) is 7.55. The summed E-state index contributed by atoms with van der Waals surface area (Å²) in [6.45, 7) is 2.47. The molecule has 0 saturated heterocycles. The van der Waals surface area contributed by atoms with E-state index in [2.05, 4.69) is 16.0 Å². The third-order valence-corrected chi connectivity index (χ3v) is 3.30. The van der Waals surface area contributed by atoms with E-state index in [0.29, 0.717) is 12.2 Å². The maximum atomic E-state index is 11.7. The zero-order chi connectivity index (χ0) is 16.5. The Balaban J connectivity index is 1.63. The molecule has 2 rings (SSSR count). The van der Waals surface area contributed by atoms with Gasteiger partial charge in [0.1, 0.15) is 0 Å². The number of hydrogen-bond donors (Lipinski definition) is 3. The maximum Gasteiger partial charge on any atom is 0.319 e. The van der Waals surface area contributed by atoms with Gasteiger partial charge in [-0.25, -0.2) is 4.79 Å². The zero-order valence-corrected chi connectivity index (χ0v) is 13.1. The number of anilines is 1. The van der Waals surface area contributed by atoms with Crippen LogP contribution in [0.5, 0.6) is 0 Å². The molecule has 0 aliphatic heterocycles. The van der Waals surface area contributed by atoms with Gasteiger partial charge in [-0.3, -0.25) is 4.79 Å². The van der Waals surface area contributed by atoms with Gasteiger partial charge in [0.2, 0.25) is 5.91 Å². The molecule has 0 spiro atoms. The van der Waals surface area contributed by atoms with Gasteiger partial charge < -0.3 is 16.0 Å². The molecule has 0 saturated carbocycles. The molecule has 0 aliphatic rings. The molecule has 2 aromatic rings. The molecule has 3 N–H and O–H groups in total. The van der Waals surface area contributed by atoms with Crippen LogP contribution in [-0.4, -0.2) is 25.0 Å². The Morgan fingerprint density at radius 2 is 1.61 bits per heavy atom. The molecular weight excluding hydrogens is 290 g/mol. The normalized spacial score (nSPS) is 9.96. The SMILES string of the molecule is Cc1ccc(NC(=O)NCC(=O)NCCc2ccccc2)cc1. The standard InChI is InChI=1S/C18H21N3O2/c1-14-7-9-16(10-8-14)21-18(23)20-13-17(22)19-12-11-15-5-3-2-4-6-15/h2-10H,11-13H2,1H3,(H,19,22)(H2,20,21,23). The number of carbonyl (C=O) groups is 2. The summed E-state index contributed by atoms with van der Waals surface area (Å²) in [5.41, 5.74) is 2.98. The highest BCUT2D eigenvalue weighted by atomic mass is 16.2. The molecule has 5 heteroatoms. The van der Waals surface area contributed by atoms with E-state index in [9.17, 15) is 9.59 Å². The molecule has 0 aliphatic carbocycles. The van der Waals surface area contributed by atoms with Crippen molar-refractivity contribution >= 4 is 17.6 Å². The molecule has 0 bridgehead atoms. The van der Waals surface area contributed by atoms with Crippen LogP contribution >= 0.6 is 0 Å². The molecule has 0 atom stereocenters. The van der Waals surface area contributed by atoms with Crippen LogP contribution in [0, 0.1) is 6.92 Å². The molecule has 2 aromatic carbocycles. The Kier molecular flexibility index (Phi) is 6.17. The molecule has 0 aromatic heterocycles. The summed E-state index contributed by atoms with van der Waals surface area (Å²) < 4.78 is 0. The van der Waals surface area contributed by atoms with Gasteiger partial charge in [-0.1, -0.05) is 48.0 Å². The van der Waals surface area contributed by atoms with E-state index >= 15 is 0 Å². The zero-order valence-electron chi connectivity index (χ0n) is 13.1. The summed E-state index contributed by atoms with van der Waals surface area (Å²) in [6.07, 6.45) is 0.766. The van der Waals surface area contributed by atoms with E-state index in [1.54, 1.807) is 0 Å². The highest BCUT2D eigenvalue weighted by molar-refractivity contribution is 5.92. The third kappa shape index (κ3) is 6.22. The van der Waals surface area contributed by atoms with Crippen molar-refractivity contribution in [3.8, 4) is 0 Å². The van der Waals surface area contributed by atoms with Crippen molar-refractivity contribution in [3.05, 3.63) is 65.7 Å². The number of rotatable bonds is 6. The van der Waals surface area contributed by atoms with E-state index in [4.69, 9.17) is 0 Å². The Morgan fingerprint density at radius 3 is 2.30 bits per heavy atom. The smallest absolute Gasteiger partial charge is 0.319 e. The largest absolute Gasteiger partial charge is 0.354 e. The van der Waals surface area contributed by atoms with Gasteiger partial charge in [0.05, 0.1) is 6.54 Å². The number of nitrogens with one attached hydrogen (secondary N) is 3. The predicted octanol–water partition coefficient (Wildman–Crippen LogP) is 2.48. The summed E-state index contributed by atoms with van der Waals surface area (Å²) in [5.74, 6) is -0.208. The number of aryl methyl sites for hydroxylation is 1. The lowest BCUT2D eigenvalue weighted by atomic mass is 10.1. The van der Waals surface area contributed by atoms with Crippen LogP contribution in [0.3, 0.4) is 0 Å². The molecule has 120 valence electrons. The van der Waals surface area contributed by atoms with Crippen molar-refractivity contribution in [2.24, 2.45) is 0 Å². The van der Waals surface area contributed by atoms with Gasteiger partial charge in [-0.2, -0.15) is 0 Å². The van der Waals surface area contributed by atoms with Crippen molar-refractivity contribution in [2.75, 3.05) is 18.4 Å². The second kappa shape index (κ2) is 8.58. The molecule has 0 unspecified atom stereocenters. The van der Waals surface area contributed by atoms with E-state index < -0.39 is 6.03 Å². The van der Waals surface area contributed by atoms with Crippen molar-refractivity contribution < 1.29 is 9.59 Å². The van der Waals surface area contributed by atoms with Gasteiger partial charge in [-0.15, -0.1) is 0 Å². The molecule has 0 heterocycles. The lowest BCUT2D eigenvalue weighted by Crippen LogP contribution is -2.39. The Morgan fingerprint density at radius 1 is 0.913 bits per heavy atom. The van der Waals surface area contributed by atoms with Crippen LogP contribution in [-0.2, 0) is 11.2 Å². The predicted molar refractivity (Wildman–Crippen MR) is 91.4 cm³/mol. The molecule has 5 nitrogen and oxygen atoms in total. The monoisotopic (exact) mass is 311 g/mol. The van der Waals surface area contributed by atoms with E-state index in [-0.39, 0.29) is 12.5 Å². The van der Waals surface area contributed by atoms with Gasteiger partial charge in [0.25, 0.3) is 0 Å². The van der Waals surface area contributed by atoms with Gasteiger partial charge in [-0.05, 0) is 31.0 Å². The molecule has 0 radical (unpaired) electrons. The molecule has 3 amide bonds. The number of carbonyl (C=O) groups excluding carboxylic acids is 2. The number of amides is 3. The van der Waals surface area contributed by atoms with E-state index in [0.717, 1.165) is 17.5 Å².